The summed E-state index contributed by atoms with van der Waals surface area (Å²) in [4.78, 5) is 11.3. The van der Waals surface area contributed by atoms with Crippen molar-refractivity contribution >= 4 is 5.78 Å². The third kappa shape index (κ3) is 1.70. The van der Waals surface area contributed by atoms with Crippen LogP contribution in [0, 0.1) is 16.7 Å². The lowest BCUT2D eigenvalue weighted by Crippen LogP contribution is -2.29. The molecule has 0 heterocycles. The molecule has 0 aromatic carbocycles. The van der Waals surface area contributed by atoms with Gasteiger partial charge in [0.1, 0.15) is 5.78 Å². The quantitative estimate of drug-likeness (QED) is 0.543. The first-order valence-corrected chi connectivity index (χ1v) is 4.75. The van der Waals surface area contributed by atoms with E-state index in [1.165, 1.54) is 0 Å². The van der Waals surface area contributed by atoms with Crippen LogP contribution in [-0.2, 0) is 4.79 Å². The molecule has 0 saturated heterocycles. The van der Waals surface area contributed by atoms with E-state index in [4.69, 9.17) is 0 Å². The Labute approximate surface area is 75.5 Å². The fourth-order valence-corrected chi connectivity index (χ4v) is 2.69. The van der Waals surface area contributed by atoms with Crippen LogP contribution in [-0.4, -0.2) is 5.78 Å². The molecule has 1 aliphatic carbocycles. The second-order valence-corrected chi connectivity index (χ2v) is 5.83. The Morgan fingerprint density at radius 2 is 1.83 bits per heavy atom. The molecule has 0 bridgehead atoms. The number of hydrogen-bond donors (Lipinski definition) is 0. The van der Waals surface area contributed by atoms with E-state index in [2.05, 4.69) is 34.6 Å². The Balaban J connectivity index is 2.86. The highest BCUT2D eigenvalue weighted by Crippen LogP contribution is 2.49. The molecule has 1 fully saturated rings. The molecule has 1 nitrogen and oxygen atoms in total. The summed E-state index contributed by atoms with van der Waals surface area (Å²) in [6.07, 6.45) is 1.56. The Kier molecular flexibility index (Phi) is 2.10. The van der Waals surface area contributed by atoms with Gasteiger partial charge in [0.05, 0.1) is 0 Å². The Bertz CT molecular complexity index is 196. The number of hydrogen-bond acceptors (Lipinski definition) is 1. The molecule has 1 heteroatoms. The predicted molar refractivity (Wildman–Crippen MR) is 51.0 cm³/mol. The minimum Gasteiger partial charge on any atom is -0.300 e. The third-order valence-electron chi connectivity index (χ3n) is 3.07. The number of Topliss-reactive ketones (excluding diaryl/α,β-unsaturated/α-hetero) is 1. The molecule has 0 aromatic heterocycles. The highest BCUT2D eigenvalue weighted by molar-refractivity contribution is 5.82. The van der Waals surface area contributed by atoms with Crippen molar-refractivity contribution in [1.82, 2.24) is 0 Å². The van der Waals surface area contributed by atoms with Gasteiger partial charge in [0, 0.05) is 12.8 Å². The van der Waals surface area contributed by atoms with Gasteiger partial charge in [0.15, 0.2) is 0 Å². The number of rotatable bonds is 0. The minimum atomic E-state index is 0.218. The van der Waals surface area contributed by atoms with E-state index >= 15 is 0 Å². The summed E-state index contributed by atoms with van der Waals surface area (Å²) in [7, 11) is 0. The molecule has 70 valence electrons. The van der Waals surface area contributed by atoms with Gasteiger partial charge in [-0.25, -0.2) is 0 Å². The van der Waals surface area contributed by atoms with E-state index in [9.17, 15) is 4.79 Å². The average molecular weight is 168 g/mol. The van der Waals surface area contributed by atoms with E-state index in [0.29, 0.717) is 11.7 Å². The number of ketones is 1. The molecule has 1 aliphatic rings. The highest BCUT2D eigenvalue weighted by Gasteiger charge is 2.45. The standard InChI is InChI=1S/C11H20O/c1-10(2,3)9-6-8(12)7-11(9,4)5/h9H,6-7H2,1-5H3. The van der Waals surface area contributed by atoms with Crippen LogP contribution in [0.1, 0.15) is 47.5 Å². The van der Waals surface area contributed by atoms with Gasteiger partial charge in [-0.2, -0.15) is 0 Å². The minimum absolute atomic E-state index is 0.218. The largest absolute Gasteiger partial charge is 0.300 e. The summed E-state index contributed by atoms with van der Waals surface area (Å²) >= 11 is 0. The summed E-state index contributed by atoms with van der Waals surface area (Å²) in [6, 6.07) is 0. The zero-order valence-corrected chi connectivity index (χ0v) is 8.90. The van der Waals surface area contributed by atoms with Crippen molar-refractivity contribution in [2.45, 2.75) is 47.5 Å². The Morgan fingerprint density at radius 1 is 1.33 bits per heavy atom. The van der Waals surface area contributed by atoms with Crippen molar-refractivity contribution in [3.8, 4) is 0 Å². The molecule has 0 aromatic rings. The van der Waals surface area contributed by atoms with Crippen LogP contribution in [0.2, 0.25) is 0 Å². The van der Waals surface area contributed by atoms with Crippen molar-refractivity contribution in [3.63, 3.8) is 0 Å². The first-order valence-electron chi connectivity index (χ1n) is 4.75. The van der Waals surface area contributed by atoms with Crippen molar-refractivity contribution in [3.05, 3.63) is 0 Å². The van der Waals surface area contributed by atoms with Gasteiger partial charge in [-0.3, -0.25) is 4.79 Å². The first-order chi connectivity index (χ1) is 5.23. The summed E-state index contributed by atoms with van der Waals surface area (Å²) in [5.41, 5.74) is 0.491. The zero-order valence-electron chi connectivity index (χ0n) is 8.90. The maximum absolute atomic E-state index is 11.3. The molecule has 1 atom stereocenters. The van der Waals surface area contributed by atoms with Crippen LogP contribution >= 0.6 is 0 Å². The van der Waals surface area contributed by atoms with Gasteiger partial charge in [-0.1, -0.05) is 34.6 Å². The lowest BCUT2D eigenvalue weighted by Gasteiger charge is -2.36. The first kappa shape index (κ1) is 9.76. The molecular formula is C11H20O. The van der Waals surface area contributed by atoms with Crippen LogP contribution in [0.25, 0.3) is 0 Å². The van der Waals surface area contributed by atoms with E-state index in [1.807, 2.05) is 0 Å². The van der Waals surface area contributed by atoms with Gasteiger partial charge >= 0.3 is 0 Å². The lowest BCUT2D eigenvalue weighted by molar-refractivity contribution is -0.118. The van der Waals surface area contributed by atoms with Crippen LogP contribution in [0.4, 0.5) is 0 Å². The van der Waals surface area contributed by atoms with Gasteiger partial charge in [-0.15, -0.1) is 0 Å². The lowest BCUT2D eigenvalue weighted by atomic mass is 9.68. The van der Waals surface area contributed by atoms with Crippen molar-refractivity contribution in [2.24, 2.45) is 16.7 Å². The maximum Gasteiger partial charge on any atom is 0.133 e. The third-order valence-corrected chi connectivity index (χ3v) is 3.07. The Morgan fingerprint density at radius 3 is 2.00 bits per heavy atom. The second-order valence-electron chi connectivity index (χ2n) is 5.83. The van der Waals surface area contributed by atoms with E-state index in [0.717, 1.165) is 12.8 Å². The topological polar surface area (TPSA) is 17.1 Å². The van der Waals surface area contributed by atoms with Gasteiger partial charge in [-0.05, 0) is 16.7 Å². The fourth-order valence-electron chi connectivity index (χ4n) is 2.69. The zero-order chi connectivity index (χ0) is 9.57. The highest BCUT2D eigenvalue weighted by atomic mass is 16.1. The summed E-state index contributed by atoms with van der Waals surface area (Å²) in [6.45, 7) is 11.1. The van der Waals surface area contributed by atoms with E-state index < -0.39 is 0 Å². The van der Waals surface area contributed by atoms with Crippen LogP contribution in [0.15, 0.2) is 0 Å². The van der Waals surface area contributed by atoms with Crippen LogP contribution in [0.5, 0.6) is 0 Å². The molecule has 1 rings (SSSR count). The summed E-state index contributed by atoms with van der Waals surface area (Å²) in [5, 5.41) is 0. The Hall–Kier alpha value is -0.330. The molecule has 0 amide bonds. The van der Waals surface area contributed by atoms with Crippen molar-refractivity contribution in [1.29, 1.82) is 0 Å². The molecule has 0 aliphatic heterocycles. The molecule has 0 radical (unpaired) electrons. The summed E-state index contributed by atoms with van der Waals surface area (Å²) < 4.78 is 0. The fraction of sp³-hybridized carbons (Fsp3) is 0.909. The molecule has 12 heavy (non-hydrogen) atoms. The molecule has 1 saturated carbocycles. The van der Waals surface area contributed by atoms with Crippen LogP contribution < -0.4 is 0 Å². The van der Waals surface area contributed by atoms with Crippen molar-refractivity contribution in [2.75, 3.05) is 0 Å². The smallest absolute Gasteiger partial charge is 0.133 e. The SMILES string of the molecule is CC(C)(C)C1CC(=O)CC1(C)C. The van der Waals surface area contributed by atoms with Crippen molar-refractivity contribution < 1.29 is 4.79 Å². The molecular weight excluding hydrogens is 148 g/mol. The number of carbonyl (C=O) groups is 1. The second kappa shape index (κ2) is 2.58. The van der Waals surface area contributed by atoms with Gasteiger partial charge in [0.25, 0.3) is 0 Å². The van der Waals surface area contributed by atoms with E-state index in [1.54, 1.807) is 0 Å². The molecule has 0 N–H and O–H groups in total. The van der Waals surface area contributed by atoms with Gasteiger partial charge < -0.3 is 0 Å². The maximum atomic E-state index is 11.3. The molecule has 1 unspecified atom stereocenters. The van der Waals surface area contributed by atoms with E-state index in [-0.39, 0.29) is 10.8 Å². The van der Waals surface area contributed by atoms with Gasteiger partial charge in [0.2, 0.25) is 0 Å². The predicted octanol–water partition coefficient (Wildman–Crippen LogP) is 3.04. The normalized spacial score (nSPS) is 29.4. The monoisotopic (exact) mass is 168 g/mol. The molecule has 0 spiro atoms. The van der Waals surface area contributed by atoms with Crippen LogP contribution in [0.3, 0.4) is 0 Å². The average Bonchev–Trinajstić information content (AvgIpc) is 2.02. The number of carbonyl (C=O) groups excluding carboxylic acids is 1. The summed E-state index contributed by atoms with van der Waals surface area (Å²) in [5.74, 6) is 0.998.